The smallest absolute Gasteiger partial charge is 0.293 e. The number of benzene rings is 1. The Bertz CT molecular complexity index is 304. The molecule has 101 valence electrons. The molecular formula is C15H23O3. The summed E-state index contributed by atoms with van der Waals surface area (Å²) in [6.45, 7) is 8.75. The van der Waals surface area contributed by atoms with Gasteiger partial charge in [0.15, 0.2) is 0 Å². The summed E-state index contributed by atoms with van der Waals surface area (Å²) in [6, 6.07) is 8.77. The van der Waals surface area contributed by atoms with Gasteiger partial charge in [-0.25, -0.2) is 4.79 Å². The molecule has 0 atom stereocenters. The molecule has 0 unspecified atom stereocenters. The van der Waals surface area contributed by atoms with Crippen molar-refractivity contribution in [2.75, 3.05) is 6.61 Å². The van der Waals surface area contributed by atoms with Crippen LogP contribution in [-0.4, -0.2) is 12.6 Å². The van der Waals surface area contributed by atoms with E-state index in [1.165, 1.54) is 5.92 Å². The maximum absolute atomic E-state index is 11.3. The maximum atomic E-state index is 11.3. The summed E-state index contributed by atoms with van der Waals surface area (Å²) in [4.78, 5) is 20.6. The van der Waals surface area contributed by atoms with Crippen molar-refractivity contribution in [2.24, 2.45) is 0 Å². The van der Waals surface area contributed by atoms with E-state index in [2.05, 4.69) is 25.7 Å². The third-order valence-corrected chi connectivity index (χ3v) is 1.73. The van der Waals surface area contributed by atoms with E-state index in [0.717, 1.165) is 12.8 Å². The fourth-order valence-electron chi connectivity index (χ4n) is 0.921. The topological polar surface area (TPSA) is 35.5 Å². The Balaban J connectivity index is 0.000000631. The van der Waals surface area contributed by atoms with Gasteiger partial charge in [0, 0.05) is 0 Å². The number of carbonyl (C=O) groups is 1. The van der Waals surface area contributed by atoms with Gasteiger partial charge in [0.1, 0.15) is 0 Å². The number of hydrogen-bond donors (Lipinski definition) is 0. The number of hydrogen-bond acceptors (Lipinski definition) is 3. The van der Waals surface area contributed by atoms with Gasteiger partial charge in [-0.3, -0.25) is 4.89 Å². The average molecular weight is 251 g/mol. The Morgan fingerprint density at radius 2 is 1.67 bits per heavy atom. The van der Waals surface area contributed by atoms with Gasteiger partial charge in [-0.05, 0) is 24.5 Å². The van der Waals surface area contributed by atoms with Crippen LogP contribution in [0.15, 0.2) is 30.3 Å². The van der Waals surface area contributed by atoms with E-state index in [1.54, 1.807) is 24.3 Å². The quantitative estimate of drug-likeness (QED) is 0.447. The monoisotopic (exact) mass is 251 g/mol. The van der Waals surface area contributed by atoms with Gasteiger partial charge in [0.2, 0.25) is 0 Å². The third-order valence-electron chi connectivity index (χ3n) is 1.73. The molecule has 0 saturated carbocycles. The van der Waals surface area contributed by atoms with E-state index in [1.807, 2.05) is 13.0 Å². The predicted octanol–water partition coefficient (Wildman–Crippen LogP) is 4.20. The first kappa shape index (κ1) is 16.6. The van der Waals surface area contributed by atoms with Crippen molar-refractivity contribution in [2.45, 2.75) is 40.5 Å². The lowest BCUT2D eigenvalue weighted by Gasteiger charge is -2.02. The molecule has 0 heterocycles. The molecule has 0 fully saturated rings. The molecule has 3 heteroatoms. The van der Waals surface area contributed by atoms with Crippen molar-refractivity contribution in [3.63, 3.8) is 0 Å². The third kappa shape index (κ3) is 9.85. The van der Waals surface area contributed by atoms with Gasteiger partial charge in [-0.2, -0.15) is 4.89 Å². The molecule has 0 aromatic heterocycles. The molecule has 0 N–H and O–H groups in total. The van der Waals surface area contributed by atoms with Gasteiger partial charge in [0.05, 0.1) is 12.2 Å². The Morgan fingerprint density at radius 3 is 2.17 bits per heavy atom. The second-order valence-electron chi connectivity index (χ2n) is 4.41. The molecule has 1 radical (unpaired) electrons. The zero-order valence-electron chi connectivity index (χ0n) is 11.7. The van der Waals surface area contributed by atoms with E-state index >= 15 is 0 Å². The summed E-state index contributed by atoms with van der Waals surface area (Å²) < 4.78 is 0. The molecule has 3 nitrogen and oxygen atoms in total. The normalized spacial score (nSPS) is 9.61. The minimum atomic E-state index is -0.443. The van der Waals surface area contributed by atoms with Crippen LogP contribution in [0.2, 0.25) is 0 Å². The Labute approximate surface area is 110 Å². The number of unbranched alkanes of at least 4 members (excludes halogenated alkanes) is 1. The summed E-state index contributed by atoms with van der Waals surface area (Å²) in [5.74, 6) is 0.974. The lowest BCUT2D eigenvalue weighted by molar-refractivity contribution is -0.241. The second-order valence-corrected chi connectivity index (χ2v) is 4.41. The molecule has 0 aliphatic rings. The largest absolute Gasteiger partial charge is 0.373 e. The first-order valence-corrected chi connectivity index (χ1v) is 6.23. The number of carbonyl (C=O) groups excluding carboxylic acids is 1. The number of rotatable bonds is 5. The van der Waals surface area contributed by atoms with Gasteiger partial charge < -0.3 is 0 Å². The van der Waals surface area contributed by atoms with Crippen molar-refractivity contribution >= 4 is 5.97 Å². The highest BCUT2D eigenvalue weighted by atomic mass is 17.2. The van der Waals surface area contributed by atoms with E-state index < -0.39 is 5.97 Å². The molecule has 0 saturated heterocycles. The van der Waals surface area contributed by atoms with Crippen LogP contribution < -0.4 is 0 Å². The highest BCUT2D eigenvalue weighted by molar-refractivity contribution is 5.88. The molecule has 0 aliphatic heterocycles. The van der Waals surface area contributed by atoms with Crippen molar-refractivity contribution in [3.8, 4) is 0 Å². The SMILES string of the molecule is CCCCOOC(=O)c1ccccc1.C[C](C)C. The van der Waals surface area contributed by atoms with E-state index in [0.29, 0.717) is 12.2 Å². The van der Waals surface area contributed by atoms with E-state index in [4.69, 9.17) is 4.89 Å². The molecule has 0 bridgehead atoms. The predicted molar refractivity (Wildman–Crippen MR) is 73.0 cm³/mol. The standard InChI is InChI=1S/C11H14O3.C4H9/c1-2-3-9-13-14-11(12)10-7-5-4-6-8-10;1-4(2)3/h4-8H,2-3,9H2,1H3;1-3H3. The summed E-state index contributed by atoms with van der Waals surface area (Å²) in [5, 5.41) is 0. The van der Waals surface area contributed by atoms with Gasteiger partial charge in [-0.1, -0.05) is 52.3 Å². The second kappa shape index (κ2) is 10.8. The summed E-state index contributed by atoms with van der Waals surface area (Å²) >= 11 is 0. The minimum absolute atomic E-state index is 0.443. The molecule has 0 amide bonds. The van der Waals surface area contributed by atoms with Crippen LogP contribution >= 0.6 is 0 Å². The van der Waals surface area contributed by atoms with E-state index in [-0.39, 0.29) is 0 Å². The van der Waals surface area contributed by atoms with Crippen molar-refractivity contribution in [1.29, 1.82) is 0 Å². The average Bonchev–Trinajstić information content (AvgIpc) is 2.35. The van der Waals surface area contributed by atoms with Crippen LogP contribution in [0.4, 0.5) is 0 Å². The first-order chi connectivity index (χ1) is 8.57. The highest BCUT2D eigenvalue weighted by Crippen LogP contribution is 2.01. The van der Waals surface area contributed by atoms with E-state index in [9.17, 15) is 4.79 Å². The summed E-state index contributed by atoms with van der Waals surface area (Å²) in [7, 11) is 0. The summed E-state index contributed by atoms with van der Waals surface area (Å²) in [5.41, 5.74) is 0.504. The fourth-order valence-corrected chi connectivity index (χ4v) is 0.921. The maximum Gasteiger partial charge on any atom is 0.373 e. The molecule has 18 heavy (non-hydrogen) atoms. The van der Waals surface area contributed by atoms with Crippen LogP contribution in [0.1, 0.15) is 50.9 Å². The lowest BCUT2D eigenvalue weighted by Crippen LogP contribution is -2.06. The van der Waals surface area contributed by atoms with Crippen LogP contribution in [-0.2, 0) is 9.78 Å². The lowest BCUT2D eigenvalue weighted by atomic mass is 10.2. The Hall–Kier alpha value is -1.35. The minimum Gasteiger partial charge on any atom is -0.293 e. The highest BCUT2D eigenvalue weighted by Gasteiger charge is 2.06. The molecule has 1 aromatic carbocycles. The van der Waals surface area contributed by atoms with Crippen LogP contribution in [0.25, 0.3) is 0 Å². The Morgan fingerprint density at radius 1 is 1.11 bits per heavy atom. The molecule has 1 aromatic rings. The summed E-state index contributed by atoms with van der Waals surface area (Å²) in [6.07, 6.45) is 1.91. The van der Waals surface area contributed by atoms with Crippen molar-refractivity contribution in [3.05, 3.63) is 41.8 Å². The van der Waals surface area contributed by atoms with Gasteiger partial charge >= 0.3 is 5.97 Å². The molecule has 0 spiro atoms. The first-order valence-electron chi connectivity index (χ1n) is 6.23. The van der Waals surface area contributed by atoms with Crippen LogP contribution in [0.5, 0.6) is 0 Å². The van der Waals surface area contributed by atoms with Gasteiger partial charge in [0.25, 0.3) is 0 Å². The zero-order valence-corrected chi connectivity index (χ0v) is 11.7. The van der Waals surface area contributed by atoms with Crippen LogP contribution in [0.3, 0.4) is 0 Å². The molecule has 0 aliphatic carbocycles. The van der Waals surface area contributed by atoms with Crippen molar-refractivity contribution in [1.82, 2.24) is 0 Å². The zero-order chi connectivity index (χ0) is 13.8. The molecule has 1 rings (SSSR count). The fraction of sp³-hybridized carbons (Fsp3) is 0.467. The van der Waals surface area contributed by atoms with Gasteiger partial charge in [-0.15, -0.1) is 0 Å². The van der Waals surface area contributed by atoms with Crippen LogP contribution in [0, 0.1) is 5.92 Å². The Kier molecular flexibility index (Phi) is 9.97. The molecular weight excluding hydrogens is 228 g/mol. The van der Waals surface area contributed by atoms with Crippen molar-refractivity contribution < 1.29 is 14.6 Å².